The molecule has 0 bridgehead atoms. The molecular formula is C5H7O3. The highest BCUT2D eigenvalue weighted by Gasteiger charge is 2.22. The number of ether oxygens (including phenoxy) is 2. The summed E-state index contributed by atoms with van der Waals surface area (Å²) in [4.78, 5) is 10.1. The van der Waals surface area contributed by atoms with Crippen molar-refractivity contribution in [1.82, 2.24) is 0 Å². The van der Waals surface area contributed by atoms with Crippen LogP contribution in [0.15, 0.2) is 0 Å². The van der Waals surface area contributed by atoms with Gasteiger partial charge in [0, 0.05) is 0 Å². The van der Waals surface area contributed by atoms with Crippen LogP contribution in [0.3, 0.4) is 0 Å². The fourth-order valence-corrected chi connectivity index (χ4v) is 0.507. The number of carbonyl (C=O) groups excluding carboxylic acids is 1. The Morgan fingerprint density at radius 1 is 1.88 bits per heavy atom. The Morgan fingerprint density at radius 3 is 2.88 bits per heavy atom. The molecule has 3 nitrogen and oxygen atoms in total. The molecule has 1 aliphatic rings. The van der Waals surface area contributed by atoms with Crippen LogP contribution in [-0.4, -0.2) is 18.9 Å². The van der Waals surface area contributed by atoms with Crippen molar-refractivity contribution in [2.24, 2.45) is 0 Å². The van der Waals surface area contributed by atoms with E-state index in [0.29, 0.717) is 13.0 Å². The minimum absolute atomic E-state index is 0.109. The summed E-state index contributed by atoms with van der Waals surface area (Å²) in [5.41, 5.74) is 0. The Balaban J connectivity index is 2.32. The SMILES string of the molecule is [CH2]CC1COC(=O)O1. The zero-order valence-corrected chi connectivity index (χ0v) is 4.42. The zero-order valence-electron chi connectivity index (χ0n) is 4.42. The highest BCUT2D eigenvalue weighted by Crippen LogP contribution is 2.07. The van der Waals surface area contributed by atoms with Gasteiger partial charge in [-0.25, -0.2) is 4.79 Å². The van der Waals surface area contributed by atoms with E-state index in [1.165, 1.54) is 0 Å². The highest BCUT2D eigenvalue weighted by molar-refractivity contribution is 5.61. The molecule has 0 saturated carbocycles. The van der Waals surface area contributed by atoms with Gasteiger partial charge in [0.2, 0.25) is 0 Å². The first-order valence-electron chi connectivity index (χ1n) is 2.45. The lowest BCUT2D eigenvalue weighted by atomic mass is 10.3. The molecule has 1 heterocycles. The Labute approximate surface area is 47.6 Å². The van der Waals surface area contributed by atoms with Crippen molar-refractivity contribution in [2.45, 2.75) is 12.5 Å². The van der Waals surface area contributed by atoms with Gasteiger partial charge in [-0.05, 0) is 13.3 Å². The predicted octanol–water partition coefficient (Wildman–Crippen LogP) is 0.746. The summed E-state index contributed by atoms with van der Waals surface area (Å²) < 4.78 is 9.04. The maximum absolute atomic E-state index is 10.1. The number of carbonyl (C=O) groups is 1. The molecular weight excluding hydrogens is 108 g/mol. The number of rotatable bonds is 1. The molecule has 8 heavy (non-hydrogen) atoms. The van der Waals surface area contributed by atoms with Crippen molar-refractivity contribution in [1.29, 1.82) is 0 Å². The molecule has 1 fully saturated rings. The maximum atomic E-state index is 10.1. The van der Waals surface area contributed by atoms with Crippen LogP contribution in [0.5, 0.6) is 0 Å². The Hall–Kier alpha value is -0.730. The minimum Gasteiger partial charge on any atom is -0.430 e. The van der Waals surface area contributed by atoms with Crippen molar-refractivity contribution < 1.29 is 14.3 Å². The van der Waals surface area contributed by atoms with Gasteiger partial charge in [0.25, 0.3) is 0 Å². The normalized spacial score (nSPS) is 27.1. The molecule has 1 rings (SSSR count). The van der Waals surface area contributed by atoms with E-state index in [0.717, 1.165) is 0 Å². The molecule has 0 aromatic rings. The minimum atomic E-state index is -0.571. The highest BCUT2D eigenvalue weighted by atomic mass is 16.8. The summed E-state index contributed by atoms with van der Waals surface area (Å²) in [5, 5.41) is 0. The van der Waals surface area contributed by atoms with E-state index in [1.807, 2.05) is 0 Å². The number of cyclic esters (lactones) is 2. The molecule has 0 aliphatic carbocycles. The molecule has 0 aromatic heterocycles. The lowest BCUT2D eigenvalue weighted by molar-refractivity contribution is 0.118. The molecule has 1 aliphatic heterocycles. The van der Waals surface area contributed by atoms with Crippen molar-refractivity contribution >= 4 is 6.16 Å². The summed E-state index contributed by atoms with van der Waals surface area (Å²) in [5.74, 6) is 0. The molecule has 45 valence electrons. The van der Waals surface area contributed by atoms with Crippen LogP contribution < -0.4 is 0 Å². The van der Waals surface area contributed by atoms with E-state index in [-0.39, 0.29) is 6.10 Å². The quantitative estimate of drug-likeness (QED) is 0.473. The summed E-state index contributed by atoms with van der Waals surface area (Å²) in [6, 6.07) is 0. The van der Waals surface area contributed by atoms with Crippen LogP contribution in [0.4, 0.5) is 4.79 Å². The average Bonchev–Trinajstić information content (AvgIpc) is 2.14. The smallest absolute Gasteiger partial charge is 0.430 e. The van der Waals surface area contributed by atoms with Crippen molar-refractivity contribution in [3.8, 4) is 0 Å². The van der Waals surface area contributed by atoms with Crippen LogP contribution >= 0.6 is 0 Å². The van der Waals surface area contributed by atoms with Crippen molar-refractivity contribution in [3.63, 3.8) is 0 Å². The van der Waals surface area contributed by atoms with Crippen LogP contribution in [0.1, 0.15) is 6.42 Å². The van der Waals surface area contributed by atoms with Gasteiger partial charge >= 0.3 is 6.16 Å². The lowest BCUT2D eigenvalue weighted by Crippen LogP contribution is -2.06. The second-order valence-corrected chi connectivity index (χ2v) is 1.59. The number of hydrogen-bond donors (Lipinski definition) is 0. The monoisotopic (exact) mass is 115 g/mol. The zero-order chi connectivity index (χ0) is 5.98. The molecule has 0 spiro atoms. The summed E-state index contributed by atoms with van der Waals surface area (Å²) in [7, 11) is 0. The summed E-state index contributed by atoms with van der Waals surface area (Å²) >= 11 is 0. The average molecular weight is 115 g/mol. The largest absolute Gasteiger partial charge is 0.508 e. The van der Waals surface area contributed by atoms with E-state index in [9.17, 15) is 4.79 Å². The van der Waals surface area contributed by atoms with Crippen molar-refractivity contribution in [3.05, 3.63) is 6.92 Å². The Morgan fingerprint density at radius 2 is 2.62 bits per heavy atom. The van der Waals surface area contributed by atoms with E-state index in [4.69, 9.17) is 0 Å². The summed E-state index contributed by atoms with van der Waals surface area (Å²) in [6.07, 6.45) is -0.0905. The number of hydrogen-bond acceptors (Lipinski definition) is 3. The van der Waals surface area contributed by atoms with Crippen molar-refractivity contribution in [2.75, 3.05) is 6.61 Å². The fraction of sp³-hybridized carbons (Fsp3) is 0.600. The standard InChI is InChI=1S/C5H7O3/c1-2-4-3-7-5(6)8-4/h4H,1-3H2. The second kappa shape index (κ2) is 2.03. The Kier molecular flexibility index (Phi) is 1.37. The molecule has 0 amide bonds. The topological polar surface area (TPSA) is 35.5 Å². The van der Waals surface area contributed by atoms with E-state index < -0.39 is 6.16 Å². The van der Waals surface area contributed by atoms with Gasteiger partial charge in [-0.15, -0.1) is 0 Å². The van der Waals surface area contributed by atoms with Gasteiger partial charge in [-0.1, -0.05) is 0 Å². The Bertz CT molecular complexity index is 99.8. The third kappa shape index (κ3) is 0.911. The van der Waals surface area contributed by atoms with Crippen LogP contribution in [-0.2, 0) is 9.47 Å². The first-order chi connectivity index (χ1) is 3.83. The third-order valence-electron chi connectivity index (χ3n) is 0.972. The molecule has 1 unspecified atom stereocenters. The van der Waals surface area contributed by atoms with E-state index in [2.05, 4.69) is 16.4 Å². The van der Waals surface area contributed by atoms with Crippen LogP contribution in [0.25, 0.3) is 0 Å². The molecule has 1 atom stereocenters. The van der Waals surface area contributed by atoms with E-state index in [1.54, 1.807) is 0 Å². The predicted molar refractivity (Wildman–Crippen MR) is 26.2 cm³/mol. The van der Waals surface area contributed by atoms with Gasteiger partial charge in [-0.2, -0.15) is 0 Å². The van der Waals surface area contributed by atoms with E-state index >= 15 is 0 Å². The first kappa shape index (κ1) is 5.41. The lowest BCUT2D eigenvalue weighted by Gasteiger charge is -1.97. The fourth-order valence-electron chi connectivity index (χ4n) is 0.507. The van der Waals surface area contributed by atoms with Gasteiger partial charge in [0.15, 0.2) is 0 Å². The summed E-state index contributed by atoms with van der Waals surface area (Å²) in [6.45, 7) is 3.91. The van der Waals surface area contributed by atoms with Crippen LogP contribution in [0, 0.1) is 6.92 Å². The molecule has 0 N–H and O–H groups in total. The third-order valence-corrected chi connectivity index (χ3v) is 0.972. The maximum Gasteiger partial charge on any atom is 0.508 e. The first-order valence-corrected chi connectivity index (χ1v) is 2.45. The van der Waals surface area contributed by atoms with Gasteiger partial charge in [-0.3, -0.25) is 0 Å². The molecule has 1 radical (unpaired) electrons. The van der Waals surface area contributed by atoms with Crippen LogP contribution in [0.2, 0.25) is 0 Å². The molecule has 1 saturated heterocycles. The second-order valence-electron chi connectivity index (χ2n) is 1.59. The van der Waals surface area contributed by atoms with Gasteiger partial charge in [0.05, 0.1) is 0 Å². The molecule has 0 aromatic carbocycles. The van der Waals surface area contributed by atoms with Gasteiger partial charge in [0.1, 0.15) is 12.7 Å². The molecule has 3 heteroatoms. The van der Waals surface area contributed by atoms with Gasteiger partial charge < -0.3 is 9.47 Å².